The number of benzene rings is 1. The minimum absolute atomic E-state index is 0.0838. The predicted molar refractivity (Wildman–Crippen MR) is 94.8 cm³/mol. The molecule has 0 unspecified atom stereocenters. The molecule has 5 nitrogen and oxygen atoms in total. The van der Waals surface area contributed by atoms with E-state index in [2.05, 4.69) is 21.6 Å². The van der Waals surface area contributed by atoms with E-state index in [9.17, 15) is 9.59 Å². The molecule has 1 fully saturated rings. The van der Waals surface area contributed by atoms with Crippen molar-refractivity contribution in [2.24, 2.45) is 0 Å². The van der Waals surface area contributed by atoms with E-state index in [0.29, 0.717) is 6.42 Å². The number of nitrogens with zero attached hydrogens (tertiary/aromatic N) is 1. The number of para-hydroxylation sites is 1. The van der Waals surface area contributed by atoms with Crippen molar-refractivity contribution < 1.29 is 9.59 Å². The molecule has 2 N–H and O–H groups in total. The van der Waals surface area contributed by atoms with Crippen molar-refractivity contribution in [1.82, 2.24) is 10.2 Å². The Balaban J connectivity index is 1.63. The first-order chi connectivity index (χ1) is 11.7. The fraction of sp³-hybridized carbons (Fsp3) is 0.579. The van der Waals surface area contributed by atoms with Crippen LogP contribution in [0.3, 0.4) is 0 Å². The van der Waals surface area contributed by atoms with Crippen LogP contribution in [0.15, 0.2) is 24.3 Å². The number of aryl methyl sites for hydroxylation is 1. The highest BCUT2D eigenvalue weighted by molar-refractivity contribution is 5.96. The van der Waals surface area contributed by atoms with Gasteiger partial charge in [0.1, 0.15) is 0 Å². The summed E-state index contributed by atoms with van der Waals surface area (Å²) in [5, 5.41) is 6.20. The Morgan fingerprint density at radius 1 is 1.33 bits per heavy atom. The second kappa shape index (κ2) is 7.79. The van der Waals surface area contributed by atoms with Crippen molar-refractivity contribution >= 4 is 17.5 Å². The van der Waals surface area contributed by atoms with Crippen LogP contribution in [-0.2, 0) is 16.0 Å². The van der Waals surface area contributed by atoms with E-state index < -0.39 is 0 Å². The maximum absolute atomic E-state index is 12.7. The zero-order valence-corrected chi connectivity index (χ0v) is 14.4. The van der Waals surface area contributed by atoms with Gasteiger partial charge in [0, 0.05) is 24.7 Å². The number of hydrogen-bond acceptors (Lipinski definition) is 3. The number of carbonyl (C=O) groups excluding carboxylic acids is 2. The highest BCUT2D eigenvalue weighted by Gasteiger charge is 2.32. The lowest BCUT2D eigenvalue weighted by molar-refractivity contribution is -0.123. The second-order valence-electron chi connectivity index (χ2n) is 6.85. The molecule has 0 aromatic heterocycles. The van der Waals surface area contributed by atoms with E-state index in [4.69, 9.17) is 0 Å². The van der Waals surface area contributed by atoms with Crippen LogP contribution in [0.2, 0.25) is 0 Å². The van der Waals surface area contributed by atoms with Crippen molar-refractivity contribution in [3.8, 4) is 0 Å². The Morgan fingerprint density at radius 2 is 2.17 bits per heavy atom. The second-order valence-corrected chi connectivity index (χ2v) is 6.85. The summed E-state index contributed by atoms with van der Waals surface area (Å²) in [5.74, 6) is 0.211. The van der Waals surface area contributed by atoms with Crippen LogP contribution >= 0.6 is 0 Å². The Kier molecular flexibility index (Phi) is 5.51. The molecule has 2 heterocycles. The SMILES string of the molecule is CCCC(=O)N[C@@H]1CCCN([C@@H]2CCc3ccccc3NC2=O)C1. The molecule has 1 aromatic rings. The molecule has 0 radical (unpaired) electrons. The molecule has 3 rings (SSSR count). The van der Waals surface area contributed by atoms with Gasteiger partial charge in [-0.25, -0.2) is 0 Å². The first-order valence-corrected chi connectivity index (χ1v) is 9.09. The van der Waals surface area contributed by atoms with E-state index >= 15 is 0 Å². The Morgan fingerprint density at radius 3 is 3.00 bits per heavy atom. The molecule has 0 spiro atoms. The van der Waals surface area contributed by atoms with Gasteiger partial charge in [-0.05, 0) is 50.3 Å². The Hall–Kier alpha value is -1.88. The van der Waals surface area contributed by atoms with Gasteiger partial charge in [-0.1, -0.05) is 25.1 Å². The lowest BCUT2D eigenvalue weighted by Gasteiger charge is -2.37. The van der Waals surface area contributed by atoms with Crippen molar-refractivity contribution in [3.63, 3.8) is 0 Å². The molecular weight excluding hydrogens is 302 g/mol. The summed E-state index contributed by atoms with van der Waals surface area (Å²) in [4.78, 5) is 26.8. The lowest BCUT2D eigenvalue weighted by Crippen LogP contribution is -2.53. The average Bonchev–Trinajstić information content (AvgIpc) is 2.73. The van der Waals surface area contributed by atoms with Gasteiger partial charge in [0.2, 0.25) is 11.8 Å². The van der Waals surface area contributed by atoms with Gasteiger partial charge in [-0.2, -0.15) is 0 Å². The van der Waals surface area contributed by atoms with Crippen LogP contribution in [0.25, 0.3) is 0 Å². The third-order valence-corrected chi connectivity index (χ3v) is 5.00. The molecule has 130 valence electrons. The number of piperidine rings is 1. The highest BCUT2D eigenvalue weighted by Crippen LogP contribution is 2.25. The van der Waals surface area contributed by atoms with E-state index in [1.54, 1.807) is 0 Å². The lowest BCUT2D eigenvalue weighted by atomic mass is 10.00. The van der Waals surface area contributed by atoms with Gasteiger partial charge in [-0.15, -0.1) is 0 Å². The topological polar surface area (TPSA) is 61.4 Å². The van der Waals surface area contributed by atoms with Gasteiger partial charge in [0.15, 0.2) is 0 Å². The average molecular weight is 329 g/mol. The van der Waals surface area contributed by atoms with Crippen LogP contribution in [0.1, 0.15) is 44.6 Å². The van der Waals surface area contributed by atoms with Gasteiger partial charge >= 0.3 is 0 Å². The van der Waals surface area contributed by atoms with Gasteiger partial charge in [0.05, 0.1) is 6.04 Å². The monoisotopic (exact) mass is 329 g/mol. The normalized spacial score (nSPS) is 24.6. The number of hydrogen-bond donors (Lipinski definition) is 2. The largest absolute Gasteiger partial charge is 0.352 e. The molecule has 24 heavy (non-hydrogen) atoms. The number of nitrogens with one attached hydrogen (secondary N) is 2. The number of likely N-dealkylation sites (tertiary alicyclic amines) is 1. The quantitative estimate of drug-likeness (QED) is 0.891. The van der Waals surface area contributed by atoms with Crippen LogP contribution in [0.5, 0.6) is 0 Å². The third-order valence-electron chi connectivity index (χ3n) is 5.00. The van der Waals surface area contributed by atoms with Gasteiger partial charge in [-0.3, -0.25) is 14.5 Å². The first kappa shape index (κ1) is 17.0. The highest BCUT2D eigenvalue weighted by atomic mass is 16.2. The third kappa shape index (κ3) is 3.96. The summed E-state index contributed by atoms with van der Waals surface area (Å²) in [5.41, 5.74) is 2.15. The van der Waals surface area contributed by atoms with Gasteiger partial charge < -0.3 is 10.6 Å². The van der Waals surface area contributed by atoms with E-state index in [1.807, 2.05) is 25.1 Å². The first-order valence-electron chi connectivity index (χ1n) is 9.09. The smallest absolute Gasteiger partial charge is 0.241 e. The molecule has 0 bridgehead atoms. The zero-order chi connectivity index (χ0) is 16.9. The molecule has 5 heteroatoms. The Labute approximate surface area is 143 Å². The summed E-state index contributed by atoms with van der Waals surface area (Å²) in [6, 6.07) is 8.09. The summed E-state index contributed by atoms with van der Waals surface area (Å²) >= 11 is 0. The fourth-order valence-electron chi connectivity index (χ4n) is 3.78. The van der Waals surface area contributed by atoms with Crippen LogP contribution in [0, 0.1) is 0 Å². The molecule has 2 aliphatic rings. The van der Waals surface area contributed by atoms with Crippen molar-refractivity contribution in [1.29, 1.82) is 0 Å². The molecular formula is C19H27N3O2. The summed E-state index contributed by atoms with van der Waals surface area (Å²) in [6.45, 7) is 3.71. The van der Waals surface area contributed by atoms with Crippen molar-refractivity contribution in [2.75, 3.05) is 18.4 Å². The van der Waals surface area contributed by atoms with Crippen molar-refractivity contribution in [2.45, 2.75) is 57.5 Å². The maximum Gasteiger partial charge on any atom is 0.241 e. The van der Waals surface area contributed by atoms with Crippen LogP contribution < -0.4 is 10.6 Å². The minimum atomic E-state index is -0.108. The van der Waals surface area contributed by atoms with Crippen LogP contribution in [-0.4, -0.2) is 41.9 Å². The summed E-state index contributed by atoms with van der Waals surface area (Å²) in [7, 11) is 0. The summed E-state index contributed by atoms with van der Waals surface area (Å²) in [6.07, 6.45) is 5.21. The molecule has 2 atom stereocenters. The molecule has 2 aliphatic heterocycles. The number of amides is 2. The molecule has 1 aromatic carbocycles. The molecule has 2 amide bonds. The summed E-state index contributed by atoms with van der Waals surface area (Å²) < 4.78 is 0. The number of rotatable bonds is 4. The molecule has 0 saturated carbocycles. The predicted octanol–water partition coefficient (Wildman–Crippen LogP) is 2.32. The number of anilines is 1. The van der Waals surface area contributed by atoms with E-state index in [1.165, 1.54) is 5.56 Å². The number of fused-ring (bicyclic) bond motifs is 1. The van der Waals surface area contributed by atoms with Crippen LogP contribution in [0.4, 0.5) is 5.69 Å². The van der Waals surface area contributed by atoms with E-state index in [-0.39, 0.29) is 23.9 Å². The fourth-order valence-corrected chi connectivity index (χ4v) is 3.78. The van der Waals surface area contributed by atoms with E-state index in [0.717, 1.165) is 50.9 Å². The standard InChI is InChI=1S/C19H27N3O2/c1-2-6-18(23)20-15-8-5-12-22(13-15)17-11-10-14-7-3-4-9-16(14)21-19(17)24/h3-4,7,9,15,17H,2,5-6,8,10-13H2,1H3,(H,20,23)(H,21,24)/t15-,17-/m1/s1. The maximum atomic E-state index is 12.7. The zero-order valence-electron chi connectivity index (χ0n) is 14.4. The van der Waals surface area contributed by atoms with Gasteiger partial charge in [0.25, 0.3) is 0 Å². The number of carbonyl (C=O) groups is 2. The Bertz CT molecular complexity index is 602. The molecule has 0 aliphatic carbocycles. The minimum Gasteiger partial charge on any atom is -0.352 e. The van der Waals surface area contributed by atoms with Crippen molar-refractivity contribution in [3.05, 3.63) is 29.8 Å². The molecule has 1 saturated heterocycles.